The largest absolute Gasteiger partial charge is 0.283 e. The first-order valence-electron chi connectivity index (χ1n) is 8.17. The molecular formula is C21H11N3O. The lowest BCUT2D eigenvalue weighted by molar-refractivity contribution is 1.18. The maximum Gasteiger partial charge on any atom is 0.283 e. The Balaban J connectivity index is 2.04. The van der Waals surface area contributed by atoms with Crippen molar-refractivity contribution < 1.29 is 0 Å². The molecule has 0 N–H and O–H groups in total. The van der Waals surface area contributed by atoms with Crippen LogP contribution in [-0.4, -0.2) is 14.4 Å². The van der Waals surface area contributed by atoms with Crippen molar-refractivity contribution in [2.45, 2.75) is 0 Å². The summed E-state index contributed by atoms with van der Waals surface area (Å²) in [5.74, 6) is 0. The molecule has 3 heterocycles. The highest BCUT2D eigenvalue weighted by atomic mass is 16.1. The maximum absolute atomic E-state index is 13.3. The van der Waals surface area contributed by atoms with Crippen LogP contribution in [0.3, 0.4) is 0 Å². The van der Waals surface area contributed by atoms with Gasteiger partial charge in [-0.15, -0.1) is 0 Å². The van der Waals surface area contributed by atoms with Gasteiger partial charge in [-0.25, -0.2) is 9.97 Å². The molecule has 0 aliphatic heterocycles. The summed E-state index contributed by atoms with van der Waals surface area (Å²) in [6.07, 6.45) is 0. The lowest BCUT2D eigenvalue weighted by Gasteiger charge is -2.06. The van der Waals surface area contributed by atoms with E-state index in [-0.39, 0.29) is 5.56 Å². The third kappa shape index (κ3) is 1.49. The Hall–Kier alpha value is -3.53. The van der Waals surface area contributed by atoms with Crippen molar-refractivity contribution in [3.05, 3.63) is 77.1 Å². The zero-order valence-corrected chi connectivity index (χ0v) is 13.1. The molecule has 0 unspecified atom stereocenters. The van der Waals surface area contributed by atoms with Crippen LogP contribution < -0.4 is 5.56 Å². The monoisotopic (exact) mass is 321 g/mol. The van der Waals surface area contributed by atoms with Crippen LogP contribution in [0.1, 0.15) is 0 Å². The Labute approximate surface area is 141 Å². The second-order valence-electron chi connectivity index (χ2n) is 6.27. The van der Waals surface area contributed by atoms with Crippen LogP contribution in [0.2, 0.25) is 0 Å². The highest BCUT2D eigenvalue weighted by Crippen LogP contribution is 2.33. The minimum atomic E-state index is -0.113. The number of para-hydroxylation sites is 4. The summed E-state index contributed by atoms with van der Waals surface area (Å²) >= 11 is 0. The summed E-state index contributed by atoms with van der Waals surface area (Å²) in [4.78, 5) is 22.7. The van der Waals surface area contributed by atoms with Crippen LogP contribution in [0, 0.1) is 0 Å². The van der Waals surface area contributed by atoms with E-state index in [9.17, 15) is 4.79 Å². The molecule has 6 rings (SSSR count). The van der Waals surface area contributed by atoms with Crippen molar-refractivity contribution in [3.8, 4) is 0 Å². The first kappa shape index (κ1) is 12.8. The number of benzene rings is 3. The van der Waals surface area contributed by atoms with Gasteiger partial charge in [0.25, 0.3) is 5.56 Å². The van der Waals surface area contributed by atoms with E-state index in [0.29, 0.717) is 11.0 Å². The molecule has 0 saturated heterocycles. The molecule has 4 nitrogen and oxygen atoms in total. The highest BCUT2D eigenvalue weighted by molar-refractivity contribution is 6.19. The van der Waals surface area contributed by atoms with Gasteiger partial charge in [-0.2, -0.15) is 0 Å². The molecule has 3 aromatic carbocycles. The first-order valence-corrected chi connectivity index (χ1v) is 8.17. The fourth-order valence-corrected chi connectivity index (χ4v) is 3.86. The second-order valence-corrected chi connectivity index (χ2v) is 6.27. The topological polar surface area (TPSA) is 47.3 Å². The van der Waals surface area contributed by atoms with E-state index in [1.54, 1.807) is 4.40 Å². The summed E-state index contributed by atoms with van der Waals surface area (Å²) in [5.41, 5.74) is 4.35. The zero-order chi connectivity index (χ0) is 16.5. The van der Waals surface area contributed by atoms with Gasteiger partial charge in [0, 0.05) is 16.2 Å². The third-order valence-corrected chi connectivity index (χ3v) is 4.93. The summed E-state index contributed by atoms with van der Waals surface area (Å²) in [7, 11) is 0. The molecule has 0 amide bonds. The molecule has 25 heavy (non-hydrogen) atoms. The van der Waals surface area contributed by atoms with Crippen LogP contribution in [0.25, 0.3) is 49.3 Å². The Morgan fingerprint density at radius 3 is 2.12 bits per heavy atom. The van der Waals surface area contributed by atoms with Crippen LogP contribution >= 0.6 is 0 Å². The van der Waals surface area contributed by atoms with Crippen LogP contribution in [0.4, 0.5) is 0 Å². The Kier molecular flexibility index (Phi) is 2.21. The van der Waals surface area contributed by atoms with Gasteiger partial charge in [0.2, 0.25) is 0 Å². The van der Waals surface area contributed by atoms with E-state index in [0.717, 1.165) is 38.2 Å². The van der Waals surface area contributed by atoms with Crippen molar-refractivity contribution in [2.24, 2.45) is 0 Å². The van der Waals surface area contributed by atoms with Crippen molar-refractivity contribution in [1.82, 2.24) is 14.4 Å². The van der Waals surface area contributed by atoms with Gasteiger partial charge in [-0.1, -0.05) is 48.5 Å². The van der Waals surface area contributed by atoms with Crippen molar-refractivity contribution in [3.63, 3.8) is 0 Å². The SMILES string of the molecule is O=c1c2nc3ccccc3nc2c2cccc3c4ccccc4n1c32. The van der Waals surface area contributed by atoms with Gasteiger partial charge < -0.3 is 0 Å². The van der Waals surface area contributed by atoms with Gasteiger partial charge >= 0.3 is 0 Å². The predicted octanol–water partition coefficient (Wildman–Crippen LogP) is 4.14. The number of rotatable bonds is 0. The summed E-state index contributed by atoms with van der Waals surface area (Å²) in [6.45, 7) is 0. The molecule has 0 spiro atoms. The standard InChI is InChI=1S/C21H11N3O/c25-21-19-18(22-15-9-2-3-10-16(15)23-19)14-8-5-7-13-12-6-1-4-11-17(12)24(21)20(13)14/h1-11H. The van der Waals surface area contributed by atoms with E-state index in [2.05, 4.69) is 17.1 Å². The van der Waals surface area contributed by atoms with E-state index >= 15 is 0 Å². The molecule has 3 aromatic heterocycles. The van der Waals surface area contributed by atoms with Crippen LogP contribution in [0.15, 0.2) is 71.5 Å². The second kappa shape index (κ2) is 4.30. The minimum absolute atomic E-state index is 0.113. The van der Waals surface area contributed by atoms with Crippen LogP contribution in [0.5, 0.6) is 0 Å². The average Bonchev–Trinajstić information content (AvgIpc) is 3.01. The highest BCUT2D eigenvalue weighted by Gasteiger charge is 2.18. The minimum Gasteiger partial charge on any atom is -0.274 e. The molecule has 0 saturated carbocycles. The van der Waals surface area contributed by atoms with Gasteiger partial charge in [-0.05, 0) is 18.2 Å². The van der Waals surface area contributed by atoms with E-state index in [4.69, 9.17) is 4.98 Å². The molecule has 4 heteroatoms. The molecular weight excluding hydrogens is 310 g/mol. The van der Waals surface area contributed by atoms with Gasteiger partial charge in [-0.3, -0.25) is 9.20 Å². The molecule has 0 aliphatic rings. The average molecular weight is 321 g/mol. The van der Waals surface area contributed by atoms with E-state index in [1.165, 1.54) is 0 Å². The molecule has 6 aromatic rings. The fourth-order valence-electron chi connectivity index (χ4n) is 3.86. The summed E-state index contributed by atoms with van der Waals surface area (Å²) in [6, 6.07) is 21.8. The molecule has 0 atom stereocenters. The van der Waals surface area contributed by atoms with Crippen molar-refractivity contribution in [2.75, 3.05) is 0 Å². The summed E-state index contributed by atoms with van der Waals surface area (Å²) in [5, 5.41) is 3.11. The zero-order valence-electron chi connectivity index (χ0n) is 13.1. The number of hydrogen-bond acceptors (Lipinski definition) is 3. The fraction of sp³-hybridized carbons (Fsp3) is 0. The quantitative estimate of drug-likeness (QED) is 0.312. The Morgan fingerprint density at radius 1 is 0.640 bits per heavy atom. The smallest absolute Gasteiger partial charge is 0.274 e. The Bertz CT molecular complexity index is 1510. The number of fused-ring (bicyclic) bond motifs is 6. The van der Waals surface area contributed by atoms with Crippen molar-refractivity contribution in [1.29, 1.82) is 0 Å². The van der Waals surface area contributed by atoms with Gasteiger partial charge in [0.15, 0.2) is 5.52 Å². The molecule has 116 valence electrons. The normalized spacial score (nSPS) is 12.2. The molecule has 0 fully saturated rings. The Morgan fingerprint density at radius 2 is 1.28 bits per heavy atom. The number of aromatic nitrogens is 3. The lowest BCUT2D eigenvalue weighted by Crippen LogP contribution is -2.15. The third-order valence-electron chi connectivity index (χ3n) is 4.93. The predicted molar refractivity (Wildman–Crippen MR) is 100 cm³/mol. The lowest BCUT2D eigenvalue weighted by atomic mass is 10.1. The molecule has 0 bridgehead atoms. The summed E-state index contributed by atoms with van der Waals surface area (Å²) < 4.78 is 1.78. The van der Waals surface area contributed by atoms with E-state index < -0.39 is 0 Å². The maximum atomic E-state index is 13.3. The molecule has 0 aliphatic carbocycles. The number of pyridine rings is 1. The van der Waals surface area contributed by atoms with Gasteiger partial charge in [0.1, 0.15) is 5.52 Å². The van der Waals surface area contributed by atoms with Crippen molar-refractivity contribution >= 4 is 49.3 Å². The molecule has 0 radical (unpaired) electrons. The number of hydrogen-bond donors (Lipinski definition) is 0. The number of nitrogens with zero attached hydrogens (tertiary/aromatic N) is 3. The van der Waals surface area contributed by atoms with Crippen LogP contribution in [-0.2, 0) is 0 Å². The van der Waals surface area contributed by atoms with Gasteiger partial charge in [0.05, 0.1) is 22.1 Å². The first-order chi connectivity index (χ1) is 12.3. The van der Waals surface area contributed by atoms with E-state index in [1.807, 2.05) is 54.6 Å².